The second-order valence-corrected chi connectivity index (χ2v) is 6.84. The first-order chi connectivity index (χ1) is 7.42. The molecule has 4 rings (SSSR count). The molecule has 0 aliphatic heterocycles. The van der Waals surface area contributed by atoms with Crippen molar-refractivity contribution in [3.05, 3.63) is 0 Å². The fraction of sp³-hybridized carbons (Fsp3) is 1.00. The van der Waals surface area contributed by atoms with Crippen molar-refractivity contribution in [3.8, 4) is 0 Å². The molecule has 0 N–H and O–H groups in total. The average molecular weight is 204 g/mol. The summed E-state index contributed by atoms with van der Waals surface area (Å²) in [5, 5.41) is 0. The summed E-state index contributed by atoms with van der Waals surface area (Å²) >= 11 is 0. The van der Waals surface area contributed by atoms with E-state index >= 15 is 0 Å². The van der Waals surface area contributed by atoms with Gasteiger partial charge in [0.25, 0.3) is 0 Å². The predicted octanol–water partition coefficient (Wildman–Crippen LogP) is 4.39. The van der Waals surface area contributed by atoms with Crippen LogP contribution in [0.3, 0.4) is 0 Å². The van der Waals surface area contributed by atoms with Gasteiger partial charge in [0.1, 0.15) is 0 Å². The van der Waals surface area contributed by atoms with Crippen LogP contribution in [0.2, 0.25) is 0 Å². The molecule has 0 nitrogen and oxygen atoms in total. The van der Waals surface area contributed by atoms with Crippen LogP contribution in [0.25, 0.3) is 0 Å². The number of fused-ring (bicyclic) bond motifs is 5. The highest BCUT2D eigenvalue weighted by atomic mass is 14.7. The van der Waals surface area contributed by atoms with E-state index in [0.717, 1.165) is 5.41 Å². The van der Waals surface area contributed by atoms with Crippen LogP contribution in [-0.2, 0) is 0 Å². The van der Waals surface area contributed by atoms with E-state index in [4.69, 9.17) is 0 Å². The molecule has 0 aromatic carbocycles. The van der Waals surface area contributed by atoms with E-state index in [1.165, 1.54) is 23.7 Å². The molecule has 4 atom stereocenters. The van der Waals surface area contributed by atoms with Crippen LogP contribution in [-0.4, -0.2) is 0 Å². The number of hydrogen-bond donors (Lipinski definition) is 0. The molecule has 0 radical (unpaired) electrons. The third kappa shape index (κ3) is 0.996. The van der Waals surface area contributed by atoms with Crippen LogP contribution in [0.15, 0.2) is 0 Å². The Morgan fingerprint density at radius 1 is 0.600 bits per heavy atom. The minimum absolute atomic E-state index is 0.891. The summed E-state index contributed by atoms with van der Waals surface area (Å²) in [6.45, 7) is 0. The fourth-order valence-corrected chi connectivity index (χ4v) is 6.48. The molecule has 84 valence electrons. The molecule has 0 heterocycles. The summed E-state index contributed by atoms with van der Waals surface area (Å²) in [4.78, 5) is 0. The molecule has 4 aliphatic rings. The standard InChI is InChI=1S/C15H24/c1-2-10-15(9-1)13-7-3-5-11(13)12-6-4-8-14(12)15/h11-14H,1-10H2. The van der Waals surface area contributed by atoms with Gasteiger partial charge in [0.15, 0.2) is 0 Å². The van der Waals surface area contributed by atoms with Crippen molar-refractivity contribution in [2.75, 3.05) is 0 Å². The third-order valence-electron chi connectivity index (χ3n) is 6.70. The number of hydrogen-bond acceptors (Lipinski definition) is 0. The van der Waals surface area contributed by atoms with Gasteiger partial charge in [0.2, 0.25) is 0 Å². The van der Waals surface area contributed by atoms with Crippen molar-refractivity contribution in [2.24, 2.45) is 29.1 Å². The van der Waals surface area contributed by atoms with Crippen LogP contribution in [0, 0.1) is 29.1 Å². The lowest BCUT2D eigenvalue weighted by molar-refractivity contribution is 0.128. The number of rotatable bonds is 0. The lowest BCUT2D eigenvalue weighted by Gasteiger charge is -2.36. The Morgan fingerprint density at radius 3 is 1.67 bits per heavy atom. The fourth-order valence-electron chi connectivity index (χ4n) is 6.48. The van der Waals surface area contributed by atoms with Gasteiger partial charge < -0.3 is 0 Å². The van der Waals surface area contributed by atoms with Crippen molar-refractivity contribution in [2.45, 2.75) is 64.2 Å². The van der Waals surface area contributed by atoms with E-state index in [0.29, 0.717) is 0 Å². The average Bonchev–Trinajstić information content (AvgIpc) is 3.00. The van der Waals surface area contributed by atoms with E-state index in [1.807, 2.05) is 0 Å². The Morgan fingerprint density at radius 2 is 1.13 bits per heavy atom. The lowest BCUT2D eigenvalue weighted by Crippen LogP contribution is -2.28. The highest BCUT2D eigenvalue weighted by Crippen LogP contribution is 2.70. The first-order valence-corrected chi connectivity index (χ1v) is 7.42. The van der Waals surface area contributed by atoms with Crippen molar-refractivity contribution in [1.82, 2.24) is 0 Å². The first-order valence-electron chi connectivity index (χ1n) is 7.42. The second kappa shape index (κ2) is 3.02. The Balaban J connectivity index is 1.76. The molecule has 4 saturated carbocycles. The Hall–Kier alpha value is 0. The zero-order chi connectivity index (χ0) is 9.88. The molecule has 0 saturated heterocycles. The zero-order valence-corrected chi connectivity index (χ0v) is 9.88. The molecule has 1 spiro atoms. The summed E-state index contributed by atoms with van der Waals surface area (Å²) in [5.74, 6) is 4.76. The van der Waals surface area contributed by atoms with Gasteiger partial charge in [0, 0.05) is 0 Å². The van der Waals surface area contributed by atoms with Crippen molar-refractivity contribution < 1.29 is 0 Å². The van der Waals surface area contributed by atoms with E-state index in [1.54, 1.807) is 64.2 Å². The van der Waals surface area contributed by atoms with Crippen LogP contribution >= 0.6 is 0 Å². The minimum atomic E-state index is 0.891. The molecular formula is C15H24. The summed E-state index contributed by atoms with van der Waals surface area (Å²) in [7, 11) is 0. The van der Waals surface area contributed by atoms with Gasteiger partial charge in [-0.15, -0.1) is 0 Å². The largest absolute Gasteiger partial charge is 0.0527 e. The molecular weight excluding hydrogens is 180 g/mol. The molecule has 0 amide bonds. The second-order valence-electron chi connectivity index (χ2n) is 6.84. The molecule has 0 aromatic heterocycles. The van der Waals surface area contributed by atoms with Gasteiger partial charge in [-0.05, 0) is 67.6 Å². The van der Waals surface area contributed by atoms with Crippen molar-refractivity contribution in [1.29, 1.82) is 0 Å². The summed E-state index contributed by atoms with van der Waals surface area (Å²) in [6.07, 6.45) is 15.9. The van der Waals surface area contributed by atoms with Crippen molar-refractivity contribution in [3.63, 3.8) is 0 Å². The van der Waals surface area contributed by atoms with Crippen LogP contribution in [0.1, 0.15) is 64.2 Å². The molecule has 15 heavy (non-hydrogen) atoms. The van der Waals surface area contributed by atoms with Gasteiger partial charge in [-0.3, -0.25) is 0 Å². The zero-order valence-electron chi connectivity index (χ0n) is 9.88. The molecule has 4 fully saturated rings. The Kier molecular flexibility index (Phi) is 1.83. The quantitative estimate of drug-likeness (QED) is 0.549. The predicted molar refractivity (Wildman–Crippen MR) is 62.6 cm³/mol. The molecule has 4 unspecified atom stereocenters. The van der Waals surface area contributed by atoms with Gasteiger partial charge in [-0.25, -0.2) is 0 Å². The summed E-state index contributed by atoms with van der Waals surface area (Å²) in [5.41, 5.74) is 0.891. The van der Waals surface area contributed by atoms with Gasteiger partial charge in [0.05, 0.1) is 0 Å². The van der Waals surface area contributed by atoms with E-state index in [9.17, 15) is 0 Å². The maximum atomic E-state index is 1.62. The van der Waals surface area contributed by atoms with E-state index < -0.39 is 0 Å². The molecule has 0 aromatic rings. The van der Waals surface area contributed by atoms with Crippen molar-refractivity contribution >= 4 is 0 Å². The first kappa shape index (κ1) is 9.07. The maximum absolute atomic E-state index is 1.62. The van der Waals surface area contributed by atoms with E-state index in [-0.39, 0.29) is 0 Å². The molecule has 0 bridgehead atoms. The molecule has 0 heteroatoms. The molecule has 4 aliphatic carbocycles. The highest BCUT2D eigenvalue weighted by Gasteiger charge is 2.61. The van der Waals surface area contributed by atoms with Gasteiger partial charge in [-0.2, -0.15) is 0 Å². The third-order valence-corrected chi connectivity index (χ3v) is 6.70. The summed E-state index contributed by atoms with van der Waals surface area (Å²) in [6, 6.07) is 0. The van der Waals surface area contributed by atoms with Crippen LogP contribution in [0.5, 0.6) is 0 Å². The smallest absolute Gasteiger partial charge is 0.0235 e. The Bertz CT molecular complexity index is 239. The maximum Gasteiger partial charge on any atom is -0.0235 e. The van der Waals surface area contributed by atoms with Crippen LogP contribution < -0.4 is 0 Å². The topological polar surface area (TPSA) is 0 Å². The Labute approximate surface area is 93.8 Å². The van der Waals surface area contributed by atoms with Crippen LogP contribution in [0.4, 0.5) is 0 Å². The monoisotopic (exact) mass is 204 g/mol. The minimum Gasteiger partial charge on any atom is -0.0527 e. The van der Waals surface area contributed by atoms with E-state index in [2.05, 4.69) is 0 Å². The SMILES string of the molecule is C1CC2C3CCCC3C3(CCCC3)C2C1. The highest BCUT2D eigenvalue weighted by molar-refractivity contribution is 5.10. The van der Waals surface area contributed by atoms with Gasteiger partial charge in [-0.1, -0.05) is 25.7 Å². The normalized spacial score (nSPS) is 51.2. The lowest BCUT2D eigenvalue weighted by atomic mass is 9.69. The summed E-state index contributed by atoms with van der Waals surface area (Å²) < 4.78 is 0. The van der Waals surface area contributed by atoms with Gasteiger partial charge >= 0.3 is 0 Å².